The lowest BCUT2D eigenvalue weighted by Gasteiger charge is -2.40. The maximum absolute atomic E-state index is 2.67. The zero-order chi connectivity index (χ0) is 10.0. The van der Waals surface area contributed by atoms with Gasteiger partial charge in [0.15, 0.2) is 0 Å². The molecule has 2 aliphatic rings. The van der Waals surface area contributed by atoms with Gasteiger partial charge in [0.25, 0.3) is 0 Å². The Morgan fingerprint density at radius 3 is 2.07 bits per heavy atom. The van der Waals surface area contributed by atoms with Gasteiger partial charge < -0.3 is 4.90 Å². The van der Waals surface area contributed by atoms with Gasteiger partial charge in [-0.2, -0.15) is 0 Å². The van der Waals surface area contributed by atoms with Crippen LogP contribution in [0.25, 0.3) is 0 Å². The summed E-state index contributed by atoms with van der Waals surface area (Å²) in [5.41, 5.74) is 0.799. The molecule has 1 aliphatic carbocycles. The monoisotopic (exact) mass is 195 g/mol. The number of likely N-dealkylation sites (tertiary alicyclic amines) is 1. The summed E-state index contributed by atoms with van der Waals surface area (Å²) in [4.78, 5) is 2.67. The third kappa shape index (κ3) is 2.31. The number of hydrogen-bond acceptors (Lipinski definition) is 1. The fraction of sp³-hybridized carbons (Fsp3) is 1.00. The number of hydrogen-bond donors (Lipinski definition) is 0. The van der Waals surface area contributed by atoms with Crippen LogP contribution in [-0.4, -0.2) is 24.5 Å². The van der Waals surface area contributed by atoms with Crippen molar-refractivity contribution >= 4 is 0 Å². The van der Waals surface area contributed by atoms with E-state index in [0.29, 0.717) is 0 Å². The highest BCUT2D eigenvalue weighted by Gasteiger charge is 2.36. The molecule has 0 bridgehead atoms. The third-order valence-corrected chi connectivity index (χ3v) is 4.20. The second-order valence-electron chi connectivity index (χ2n) is 5.90. The van der Waals surface area contributed by atoms with Crippen molar-refractivity contribution in [3.8, 4) is 0 Å². The van der Waals surface area contributed by atoms with E-state index in [2.05, 4.69) is 18.7 Å². The highest BCUT2D eigenvalue weighted by atomic mass is 15.1. The summed E-state index contributed by atoms with van der Waals surface area (Å²) in [6, 6.07) is 0. The summed E-state index contributed by atoms with van der Waals surface area (Å²) in [7, 11) is 0. The van der Waals surface area contributed by atoms with Crippen molar-refractivity contribution in [1.82, 2.24) is 4.90 Å². The molecule has 0 amide bonds. The molecule has 0 aromatic carbocycles. The molecule has 2 rings (SSSR count). The van der Waals surface area contributed by atoms with Gasteiger partial charge in [0.05, 0.1) is 0 Å². The zero-order valence-electron chi connectivity index (χ0n) is 9.89. The SMILES string of the molecule is CC(C)CN1CCC2(CCCC2)CC1. The maximum Gasteiger partial charge on any atom is 0.000439 e. The molecule has 0 aromatic rings. The van der Waals surface area contributed by atoms with Crippen LogP contribution < -0.4 is 0 Å². The standard InChI is InChI=1S/C13H25N/c1-12(2)11-14-9-7-13(8-10-14)5-3-4-6-13/h12H,3-11H2,1-2H3. The average molecular weight is 195 g/mol. The van der Waals surface area contributed by atoms with E-state index >= 15 is 0 Å². The van der Waals surface area contributed by atoms with E-state index in [9.17, 15) is 0 Å². The molecule has 1 nitrogen and oxygen atoms in total. The molecule has 0 aromatic heterocycles. The van der Waals surface area contributed by atoms with Gasteiger partial charge in [0.2, 0.25) is 0 Å². The van der Waals surface area contributed by atoms with Crippen LogP contribution in [0.15, 0.2) is 0 Å². The smallest absolute Gasteiger partial charge is 0.000439 e. The fourth-order valence-electron chi connectivity index (χ4n) is 3.35. The summed E-state index contributed by atoms with van der Waals surface area (Å²) < 4.78 is 0. The Balaban J connectivity index is 1.79. The van der Waals surface area contributed by atoms with Crippen LogP contribution in [0.1, 0.15) is 52.4 Å². The summed E-state index contributed by atoms with van der Waals surface area (Å²) >= 11 is 0. The number of nitrogens with zero attached hydrogens (tertiary/aromatic N) is 1. The molecule has 2 fully saturated rings. The van der Waals surface area contributed by atoms with E-state index < -0.39 is 0 Å². The second-order valence-corrected chi connectivity index (χ2v) is 5.90. The lowest BCUT2D eigenvalue weighted by atomic mass is 9.77. The van der Waals surface area contributed by atoms with E-state index in [0.717, 1.165) is 11.3 Å². The van der Waals surface area contributed by atoms with Crippen molar-refractivity contribution in [2.75, 3.05) is 19.6 Å². The van der Waals surface area contributed by atoms with Crippen molar-refractivity contribution in [2.45, 2.75) is 52.4 Å². The van der Waals surface area contributed by atoms with Gasteiger partial charge in [-0.25, -0.2) is 0 Å². The molecule has 0 radical (unpaired) electrons. The molecular weight excluding hydrogens is 170 g/mol. The first-order valence-electron chi connectivity index (χ1n) is 6.43. The first-order valence-corrected chi connectivity index (χ1v) is 6.43. The van der Waals surface area contributed by atoms with Gasteiger partial charge in [-0.1, -0.05) is 26.7 Å². The van der Waals surface area contributed by atoms with Crippen molar-refractivity contribution in [3.63, 3.8) is 0 Å². The first kappa shape index (κ1) is 10.5. The van der Waals surface area contributed by atoms with E-state index in [1.807, 2.05) is 0 Å². The first-order chi connectivity index (χ1) is 6.70. The molecule has 0 unspecified atom stereocenters. The van der Waals surface area contributed by atoms with Gasteiger partial charge in [-0.3, -0.25) is 0 Å². The van der Waals surface area contributed by atoms with E-state index in [1.54, 1.807) is 0 Å². The van der Waals surface area contributed by atoms with Gasteiger partial charge in [-0.05, 0) is 50.1 Å². The summed E-state index contributed by atoms with van der Waals surface area (Å²) in [5.74, 6) is 0.840. The van der Waals surface area contributed by atoms with Gasteiger partial charge in [0.1, 0.15) is 0 Å². The van der Waals surface area contributed by atoms with Gasteiger partial charge >= 0.3 is 0 Å². The molecule has 14 heavy (non-hydrogen) atoms. The molecule has 1 heteroatoms. The van der Waals surface area contributed by atoms with Crippen molar-refractivity contribution in [2.24, 2.45) is 11.3 Å². The van der Waals surface area contributed by atoms with E-state index in [1.165, 1.54) is 58.2 Å². The topological polar surface area (TPSA) is 3.24 Å². The normalized spacial score (nSPS) is 27.6. The highest BCUT2D eigenvalue weighted by molar-refractivity contribution is 4.89. The maximum atomic E-state index is 2.67. The van der Waals surface area contributed by atoms with Crippen molar-refractivity contribution in [1.29, 1.82) is 0 Å². The van der Waals surface area contributed by atoms with Crippen LogP contribution in [-0.2, 0) is 0 Å². The largest absolute Gasteiger partial charge is 0.303 e. The van der Waals surface area contributed by atoms with Gasteiger partial charge in [-0.15, -0.1) is 0 Å². The molecule has 1 saturated carbocycles. The Hall–Kier alpha value is -0.0400. The molecule has 82 valence electrons. The van der Waals surface area contributed by atoms with E-state index in [4.69, 9.17) is 0 Å². The number of rotatable bonds is 2. The van der Waals surface area contributed by atoms with Crippen LogP contribution in [0, 0.1) is 11.3 Å². The minimum absolute atomic E-state index is 0.799. The summed E-state index contributed by atoms with van der Waals surface area (Å²) in [6.07, 6.45) is 9.04. The lowest BCUT2D eigenvalue weighted by molar-refractivity contribution is 0.0998. The van der Waals surface area contributed by atoms with Crippen LogP contribution in [0.4, 0.5) is 0 Å². The molecular formula is C13H25N. The summed E-state index contributed by atoms with van der Waals surface area (Å²) in [5, 5.41) is 0. The minimum atomic E-state index is 0.799. The Kier molecular flexibility index (Phi) is 3.16. The zero-order valence-corrected chi connectivity index (χ0v) is 9.89. The predicted octanol–water partition coefficient (Wildman–Crippen LogP) is 3.30. The van der Waals surface area contributed by atoms with Crippen molar-refractivity contribution in [3.05, 3.63) is 0 Å². The Bertz CT molecular complexity index is 170. The molecule has 1 heterocycles. The highest BCUT2D eigenvalue weighted by Crippen LogP contribution is 2.46. The molecule has 1 saturated heterocycles. The molecule has 1 aliphatic heterocycles. The van der Waals surface area contributed by atoms with Crippen LogP contribution in [0.3, 0.4) is 0 Å². The Labute approximate surface area is 88.9 Å². The Morgan fingerprint density at radius 1 is 1.00 bits per heavy atom. The lowest BCUT2D eigenvalue weighted by Crippen LogP contribution is -2.40. The fourth-order valence-corrected chi connectivity index (χ4v) is 3.35. The van der Waals surface area contributed by atoms with Crippen LogP contribution in [0.2, 0.25) is 0 Å². The molecule has 0 N–H and O–H groups in total. The molecule has 0 atom stereocenters. The van der Waals surface area contributed by atoms with E-state index in [-0.39, 0.29) is 0 Å². The number of piperidine rings is 1. The van der Waals surface area contributed by atoms with Gasteiger partial charge in [0, 0.05) is 6.54 Å². The minimum Gasteiger partial charge on any atom is -0.303 e. The van der Waals surface area contributed by atoms with Crippen LogP contribution in [0.5, 0.6) is 0 Å². The molecule has 1 spiro atoms. The van der Waals surface area contributed by atoms with Crippen LogP contribution >= 0.6 is 0 Å². The second kappa shape index (κ2) is 4.22. The van der Waals surface area contributed by atoms with Crippen molar-refractivity contribution < 1.29 is 0 Å². The predicted molar refractivity (Wildman–Crippen MR) is 61.4 cm³/mol. The third-order valence-electron chi connectivity index (χ3n) is 4.20. The summed E-state index contributed by atoms with van der Waals surface area (Å²) in [6.45, 7) is 8.73. The Morgan fingerprint density at radius 2 is 1.57 bits per heavy atom. The quantitative estimate of drug-likeness (QED) is 0.653. The average Bonchev–Trinajstić information content (AvgIpc) is 2.58.